The zero-order chi connectivity index (χ0) is 22.6. The van der Waals surface area contributed by atoms with Crippen LogP contribution in [-0.2, 0) is 9.59 Å². The molecule has 4 N–H and O–H groups in total. The van der Waals surface area contributed by atoms with Crippen LogP contribution >= 0.6 is 12.4 Å². The third kappa shape index (κ3) is 6.74. The number of benzene rings is 2. The van der Waals surface area contributed by atoms with E-state index in [4.69, 9.17) is 5.73 Å². The number of carbonyl (C=O) groups excluding carboxylic acids is 1. The van der Waals surface area contributed by atoms with Crippen LogP contribution in [0.25, 0.3) is 11.1 Å². The summed E-state index contributed by atoms with van der Waals surface area (Å²) in [7, 11) is 0. The number of nitrogens with two attached hydrogens (primary N) is 1. The number of rotatable bonds is 8. The maximum Gasteiger partial charge on any atom is 0.305 e. The van der Waals surface area contributed by atoms with Crippen molar-refractivity contribution in [3.05, 3.63) is 58.7 Å². The highest BCUT2D eigenvalue weighted by Gasteiger charge is 2.27. The number of carbonyl (C=O) groups is 2. The van der Waals surface area contributed by atoms with Gasteiger partial charge in [0, 0.05) is 5.56 Å². The van der Waals surface area contributed by atoms with Crippen LogP contribution < -0.4 is 11.1 Å². The fraction of sp³-hybridized carbons (Fsp3) is 0.391. The number of carboxylic acids is 1. The van der Waals surface area contributed by atoms with Gasteiger partial charge in [-0.05, 0) is 60.6 Å². The van der Waals surface area contributed by atoms with E-state index in [2.05, 4.69) is 5.32 Å². The Balaban J connectivity index is 0.00000480. The van der Waals surface area contributed by atoms with Crippen LogP contribution in [-0.4, -0.2) is 23.0 Å². The molecular weight excluding hydrogens is 426 g/mol. The second-order valence-corrected chi connectivity index (χ2v) is 8.02. The first-order chi connectivity index (χ1) is 14.0. The molecular formula is C23H29ClF2N2O3. The van der Waals surface area contributed by atoms with E-state index in [0.29, 0.717) is 12.0 Å². The van der Waals surface area contributed by atoms with Crippen LogP contribution in [0.15, 0.2) is 30.3 Å². The molecule has 0 bridgehead atoms. The fourth-order valence-electron chi connectivity index (χ4n) is 3.59. The summed E-state index contributed by atoms with van der Waals surface area (Å²) in [5, 5.41) is 11.8. The van der Waals surface area contributed by atoms with Crippen molar-refractivity contribution in [1.29, 1.82) is 0 Å². The molecule has 0 saturated carbocycles. The van der Waals surface area contributed by atoms with E-state index in [1.54, 1.807) is 0 Å². The predicted molar refractivity (Wildman–Crippen MR) is 119 cm³/mol. The second-order valence-electron chi connectivity index (χ2n) is 8.02. The third-order valence-electron chi connectivity index (χ3n) is 4.96. The highest BCUT2D eigenvalue weighted by Crippen LogP contribution is 2.33. The van der Waals surface area contributed by atoms with Gasteiger partial charge in [0.25, 0.3) is 0 Å². The maximum atomic E-state index is 14.7. The Kier molecular flexibility index (Phi) is 9.59. The molecule has 1 amide bonds. The number of nitrogens with one attached hydrogen (secondary N) is 1. The number of aryl methyl sites for hydroxylation is 2. The average molecular weight is 455 g/mol. The molecule has 0 aromatic heterocycles. The number of halogens is 3. The highest BCUT2D eigenvalue weighted by molar-refractivity contribution is 5.85. The van der Waals surface area contributed by atoms with Crippen molar-refractivity contribution < 1.29 is 23.5 Å². The lowest BCUT2D eigenvalue weighted by Gasteiger charge is -2.22. The number of carboxylic acid groups (broad SMARTS) is 1. The van der Waals surface area contributed by atoms with Gasteiger partial charge in [-0.1, -0.05) is 32.0 Å². The largest absolute Gasteiger partial charge is 0.481 e. The van der Waals surface area contributed by atoms with Crippen molar-refractivity contribution >= 4 is 24.3 Å². The molecule has 31 heavy (non-hydrogen) atoms. The smallest absolute Gasteiger partial charge is 0.305 e. The van der Waals surface area contributed by atoms with E-state index in [1.807, 2.05) is 45.9 Å². The molecule has 2 aromatic carbocycles. The molecule has 0 unspecified atom stereocenters. The number of hydrogen-bond acceptors (Lipinski definition) is 3. The van der Waals surface area contributed by atoms with Crippen molar-refractivity contribution in [2.45, 2.75) is 52.6 Å². The minimum absolute atomic E-state index is 0. The average Bonchev–Trinajstić information content (AvgIpc) is 2.62. The summed E-state index contributed by atoms with van der Waals surface area (Å²) < 4.78 is 29.2. The maximum absolute atomic E-state index is 14.7. The van der Waals surface area contributed by atoms with E-state index >= 15 is 0 Å². The lowest BCUT2D eigenvalue weighted by molar-refractivity contribution is -0.137. The van der Waals surface area contributed by atoms with E-state index in [1.165, 1.54) is 6.07 Å². The Hall–Kier alpha value is -2.51. The van der Waals surface area contributed by atoms with Crippen molar-refractivity contribution in [1.82, 2.24) is 5.32 Å². The standard InChI is InChI=1S/C23H28F2N2O3.ClH/c1-12(2)8-18(26)23(30)27-19(11-20(28)29)16-9-15(10-17(24)22(16)25)21-13(3)6-5-7-14(21)4;/h5-7,9-10,12,18-19H,8,11,26H2,1-4H3,(H,27,30)(H,28,29);1H/t18-,19-;/m0./s1. The fourth-order valence-corrected chi connectivity index (χ4v) is 3.59. The van der Waals surface area contributed by atoms with Crippen LogP contribution in [0.5, 0.6) is 0 Å². The number of hydrogen-bond donors (Lipinski definition) is 3. The molecule has 8 heteroatoms. The topological polar surface area (TPSA) is 92.4 Å². The minimum atomic E-state index is -1.26. The summed E-state index contributed by atoms with van der Waals surface area (Å²) in [5.41, 5.74) is 8.53. The van der Waals surface area contributed by atoms with Crippen molar-refractivity contribution in [2.24, 2.45) is 11.7 Å². The summed E-state index contributed by atoms with van der Waals surface area (Å²) >= 11 is 0. The number of aliphatic carboxylic acids is 1. The first kappa shape index (κ1) is 26.5. The SMILES string of the molecule is Cc1cccc(C)c1-c1cc(F)c(F)c([C@H](CC(=O)O)NC(=O)[C@@H](N)CC(C)C)c1.Cl. The molecule has 0 aliphatic heterocycles. The van der Waals surface area contributed by atoms with Gasteiger partial charge in [-0.15, -0.1) is 12.4 Å². The number of amides is 1. The summed E-state index contributed by atoms with van der Waals surface area (Å²) in [4.78, 5) is 23.8. The molecule has 0 saturated heterocycles. The molecule has 0 radical (unpaired) electrons. The molecule has 2 atom stereocenters. The first-order valence-electron chi connectivity index (χ1n) is 9.84. The molecule has 0 fully saturated rings. The normalized spacial score (nSPS) is 12.8. The molecule has 0 heterocycles. The van der Waals surface area contributed by atoms with Gasteiger partial charge in [-0.2, -0.15) is 0 Å². The monoisotopic (exact) mass is 454 g/mol. The van der Waals surface area contributed by atoms with Gasteiger partial charge < -0.3 is 16.2 Å². The first-order valence-corrected chi connectivity index (χ1v) is 9.84. The predicted octanol–water partition coefficient (Wildman–Crippen LogP) is 4.68. The Bertz CT molecular complexity index is 930. The van der Waals surface area contributed by atoms with E-state index < -0.39 is 42.0 Å². The molecule has 0 aliphatic carbocycles. The molecule has 2 rings (SSSR count). The van der Waals surface area contributed by atoms with Gasteiger partial charge >= 0.3 is 5.97 Å². The van der Waals surface area contributed by atoms with E-state index in [0.717, 1.165) is 22.8 Å². The summed E-state index contributed by atoms with van der Waals surface area (Å²) in [6.45, 7) is 7.49. The van der Waals surface area contributed by atoms with Crippen LogP contribution in [0.1, 0.15) is 49.4 Å². The Morgan fingerprint density at radius 3 is 2.23 bits per heavy atom. The molecule has 0 aliphatic rings. The van der Waals surface area contributed by atoms with E-state index in [-0.39, 0.29) is 23.9 Å². The van der Waals surface area contributed by atoms with Gasteiger partial charge in [0.15, 0.2) is 11.6 Å². The van der Waals surface area contributed by atoms with Crippen LogP contribution in [0.4, 0.5) is 8.78 Å². The van der Waals surface area contributed by atoms with Crippen molar-refractivity contribution in [2.75, 3.05) is 0 Å². The summed E-state index contributed by atoms with van der Waals surface area (Å²) in [5.74, 6) is -4.01. The molecule has 0 spiro atoms. The second kappa shape index (κ2) is 11.2. The van der Waals surface area contributed by atoms with Crippen LogP contribution in [0, 0.1) is 31.4 Å². The van der Waals surface area contributed by atoms with Gasteiger partial charge in [-0.3, -0.25) is 9.59 Å². The summed E-state index contributed by atoms with van der Waals surface area (Å²) in [6.07, 6.45) is -0.225. The Labute approximate surface area is 187 Å². The lowest BCUT2D eigenvalue weighted by atomic mass is 9.92. The van der Waals surface area contributed by atoms with Crippen LogP contribution in [0.3, 0.4) is 0 Å². The van der Waals surface area contributed by atoms with E-state index in [9.17, 15) is 23.5 Å². The van der Waals surface area contributed by atoms with Crippen LogP contribution in [0.2, 0.25) is 0 Å². The molecule has 2 aromatic rings. The molecule has 5 nitrogen and oxygen atoms in total. The summed E-state index contributed by atoms with van der Waals surface area (Å²) in [6, 6.07) is 5.91. The van der Waals surface area contributed by atoms with Gasteiger partial charge in [0.05, 0.1) is 18.5 Å². The van der Waals surface area contributed by atoms with Crippen molar-refractivity contribution in [3.8, 4) is 11.1 Å². The lowest BCUT2D eigenvalue weighted by Crippen LogP contribution is -2.43. The zero-order valence-electron chi connectivity index (χ0n) is 18.0. The zero-order valence-corrected chi connectivity index (χ0v) is 18.9. The van der Waals surface area contributed by atoms with Crippen molar-refractivity contribution in [3.63, 3.8) is 0 Å². The highest BCUT2D eigenvalue weighted by atomic mass is 35.5. The van der Waals surface area contributed by atoms with Gasteiger partial charge in [0.1, 0.15) is 0 Å². The Morgan fingerprint density at radius 1 is 1.13 bits per heavy atom. The Morgan fingerprint density at radius 2 is 1.71 bits per heavy atom. The van der Waals surface area contributed by atoms with Gasteiger partial charge in [0.2, 0.25) is 5.91 Å². The van der Waals surface area contributed by atoms with Gasteiger partial charge in [-0.25, -0.2) is 8.78 Å². The quantitative estimate of drug-likeness (QED) is 0.540. The third-order valence-corrected chi connectivity index (χ3v) is 4.96. The minimum Gasteiger partial charge on any atom is -0.481 e. The molecule has 170 valence electrons.